The van der Waals surface area contributed by atoms with E-state index in [9.17, 15) is 0 Å². The molecule has 1 aromatic carbocycles. The van der Waals surface area contributed by atoms with Gasteiger partial charge < -0.3 is 0 Å². The van der Waals surface area contributed by atoms with Gasteiger partial charge in [0.1, 0.15) is 4.60 Å². The fraction of sp³-hybridized carbons (Fsp3) is 0.500. The molecule has 2 fully saturated rings. The van der Waals surface area contributed by atoms with Crippen molar-refractivity contribution in [1.29, 1.82) is 0 Å². The minimum Gasteiger partial charge on any atom is -0.254 e. The van der Waals surface area contributed by atoms with Crippen LogP contribution in [0.25, 0.3) is 0 Å². The summed E-state index contributed by atoms with van der Waals surface area (Å²) >= 11 is 3.47. The lowest BCUT2D eigenvalue weighted by Gasteiger charge is -2.28. The highest BCUT2D eigenvalue weighted by molar-refractivity contribution is 9.10. The molecule has 0 aliphatic heterocycles. The van der Waals surface area contributed by atoms with Gasteiger partial charge in [-0.3, -0.25) is 4.99 Å². The first-order valence-corrected chi connectivity index (χ1v) is 11.4. The van der Waals surface area contributed by atoms with Crippen molar-refractivity contribution in [2.24, 2.45) is 4.99 Å². The Labute approximate surface area is 171 Å². The van der Waals surface area contributed by atoms with E-state index in [-0.39, 0.29) is 0 Å². The van der Waals surface area contributed by atoms with Crippen LogP contribution in [0.2, 0.25) is 0 Å². The van der Waals surface area contributed by atoms with Gasteiger partial charge in [0.2, 0.25) is 0 Å². The third kappa shape index (κ3) is 4.68. The first-order chi connectivity index (χ1) is 13.3. The molecule has 0 N–H and O–H groups in total. The molecular weight excluding hydrogens is 396 g/mol. The molecule has 0 atom stereocenters. The average Bonchev–Trinajstić information content (AvgIpc) is 2.73. The van der Waals surface area contributed by atoms with Crippen molar-refractivity contribution < 1.29 is 0 Å². The number of para-hydroxylation sites is 1. The van der Waals surface area contributed by atoms with Crippen LogP contribution in [0.4, 0.5) is 5.69 Å². The van der Waals surface area contributed by atoms with E-state index >= 15 is 0 Å². The molecule has 0 radical (unpaired) electrons. The van der Waals surface area contributed by atoms with E-state index < -0.39 is 0 Å². The van der Waals surface area contributed by atoms with Crippen molar-refractivity contribution in [3.63, 3.8) is 0 Å². The molecule has 2 aliphatic carbocycles. The average molecular weight is 425 g/mol. The van der Waals surface area contributed by atoms with Crippen LogP contribution in [0.3, 0.4) is 0 Å². The Hall–Kier alpha value is -1.48. The molecule has 27 heavy (non-hydrogen) atoms. The van der Waals surface area contributed by atoms with Gasteiger partial charge in [0.05, 0.1) is 17.6 Å². The van der Waals surface area contributed by atoms with E-state index in [2.05, 4.69) is 39.1 Å². The Bertz CT molecular complexity index is 750. The molecule has 3 heteroatoms. The smallest absolute Gasteiger partial charge is 0.106 e. The number of benzene rings is 1. The van der Waals surface area contributed by atoms with Crippen LogP contribution in [0.15, 0.2) is 46.0 Å². The van der Waals surface area contributed by atoms with Crippen LogP contribution in [-0.2, 0) is 0 Å². The van der Waals surface area contributed by atoms with Gasteiger partial charge in [0, 0.05) is 0 Å². The molecule has 0 unspecified atom stereocenters. The van der Waals surface area contributed by atoms with Gasteiger partial charge >= 0.3 is 0 Å². The van der Waals surface area contributed by atoms with Crippen LogP contribution in [0.5, 0.6) is 0 Å². The molecule has 2 aromatic rings. The van der Waals surface area contributed by atoms with Crippen molar-refractivity contribution in [2.75, 3.05) is 0 Å². The fourth-order valence-corrected chi connectivity index (χ4v) is 5.20. The SMILES string of the molecule is Brc1cccc(C=Nc2c(C3CCCCC3)cccc2C2CCCCC2)n1. The van der Waals surface area contributed by atoms with Gasteiger partial charge in [-0.05, 0) is 76.7 Å². The van der Waals surface area contributed by atoms with Gasteiger partial charge in [-0.15, -0.1) is 0 Å². The highest BCUT2D eigenvalue weighted by Gasteiger charge is 2.24. The highest BCUT2D eigenvalue weighted by Crippen LogP contribution is 2.44. The number of aliphatic imine (C=N–C) groups is 1. The maximum atomic E-state index is 5.06. The van der Waals surface area contributed by atoms with Crippen LogP contribution < -0.4 is 0 Å². The van der Waals surface area contributed by atoms with Crippen molar-refractivity contribution in [3.8, 4) is 0 Å². The zero-order chi connectivity index (χ0) is 18.5. The van der Waals surface area contributed by atoms with Crippen LogP contribution >= 0.6 is 15.9 Å². The van der Waals surface area contributed by atoms with E-state index in [4.69, 9.17) is 4.99 Å². The molecule has 4 rings (SSSR count). The van der Waals surface area contributed by atoms with Gasteiger partial charge in [-0.25, -0.2) is 4.98 Å². The lowest BCUT2D eigenvalue weighted by Crippen LogP contribution is -2.09. The molecule has 0 saturated heterocycles. The number of hydrogen-bond acceptors (Lipinski definition) is 2. The van der Waals surface area contributed by atoms with Crippen LogP contribution in [0.1, 0.15) is 92.9 Å². The minimum atomic E-state index is 0.671. The zero-order valence-electron chi connectivity index (χ0n) is 16.0. The van der Waals surface area contributed by atoms with E-state index in [0.29, 0.717) is 11.8 Å². The maximum Gasteiger partial charge on any atom is 0.106 e. The van der Waals surface area contributed by atoms with Gasteiger partial charge in [-0.1, -0.05) is 62.8 Å². The third-order valence-corrected chi connectivity index (χ3v) is 6.69. The Kier molecular flexibility index (Phi) is 6.39. The second-order valence-corrected chi connectivity index (χ2v) is 8.91. The van der Waals surface area contributed by atoms with Crippen molar-refractivity contribution in [2.45, 2.75) is 76.0 Å². The summed E-state index contributed by atoms with van der Waals surface area (Å²) in [5.41, 5.74) is 5.11. The van der Waals surface area contributed by atoms with E-state index in [1.165, 1.54) is 81.0 Å². The second-order valence-electron chi connectivity index (χ2n) is 8.10. The summed E-state index contributed by atoms with van der Waals surface area (Å²) in [5, 5.41) is 0. The maximum absolute atomic E-state index is 5.06. The topological polar surface area (TPSA) is 25.2 Å². The predicted molar refractivity (Wildman–Crippen MR) is 117 cm³/mol. The van der Waals surface area contributed by atoms with E-state index in [0.717, 1.165) is 10.3 Å². The largest absolute Gasteiger partial charge is 0.254 e. The quantitative estimate of drug-likeness (QED) is 0.364. The van der Waals surface area contributed by atoms with Crippen LogP contribution in [-0.4, -0.2) is 11.2 Å². The number of hydrogen-bond donors (Lipinski definition) is 0. The third-order valence-electron chi connectivity index (χ3n) is 6.25. The molecule has 2 saturated carbocycles. The lowest BCUT2D eigenvalue weighted by atomic mass is 9.78. The summed E-state index contributed by atoms with van der Waals surface area (Å²) in [4.78, 5) is 9.60. The van der Waals surface area contributed by atoms with Gasteiger partial charge in [-0.2, -0.15) is 0 Å². The predicted octanol–water partition coefficient (Wildman–Crippen LogP) is 7.69. The summed E-state index contributed by atoms with van der Waals surface area (Å²) in [6.07, 6.45) is 15.4. The van der Waals surface area contributed by atoms with Crippen molar-refractivity contribution in [3.05, 3.63) is 57.8 Å². The Morgan fingerprint density at radius 3 is 1.89 bits per heavy atom. The summed E-state index contributed by atoms with van der Waals surface area (Å²) in [7, 11) is 0. The first kappa shape index (κ1) is 18.9. The van der Waals surface area contributed by atoms with Crippen LogP contribution in [0, 0.1) is 0 Å². The number of nitrogens with zero attached hydrogens (tertiary/aromatic N) is 2. The number of aromatic nitrogens is 1. The summed E-state index contributed by atoms with van der Waals surface area (Å²) in [6.45, 7) is 0. The number of pyridine rings is 1. The van der Waals surface area contributed by atoms with E-state index in [1.54, 1.807) is 0 Å². The molecule has 142 valence electrons. The minimum absolute atomic E-state index is 0.671. The molecule has 1 heterocycles. The standard InChI is InChI=1S/C24H29BrN2/c25-23-16-7-13-20(27-23)17-26-24-21(18-9-3-1-4-10-18)14-8-15-22(24)19-11-5-2-6-12-19/h7-8,13-19H,1-6,9-12H2. The normalized spacial score (nSPS) is 19.6. The monoisotopic (exact) mass is 424 g/mol. The molecule has 2 nitrogen and oxygen atoms in total. The molecule has 0 amide bonds. The first-order valence-electron chi connectivity index (χ1n) is 10.6. The Morgan fingerprint density at radius 2 is 1.33 bits per heavy atom. The number of rotatable bonds is 4. The van der Waals surface area contributed by atoms with Crippen molar-refractivity contribution >= 4 is 27.8 Å². The van der Waals surface area contributed by atoms with Gasteiger partial charge in [0.25, 0.3) is 0 Å². The summed E-state index contributed by atoms with van der Waals surface area (Å²) in [6, 6.07) is 13.0. The molecular formula is C24H29BrN2. The molecule has 1 aromatic heterocycles. The Balaban J connectivity index is 1.72. The van der Waals surface area contributed by atoms with Crippen molar-refractivity contribution in [1.82, 2.24) is 4.98 Å². The zero-order valence-corrected chi connectivity index (χ0v) is 17.6. The molecule has 0 bridgehead atoms. The molecule has 0 spiro atoms. The molecule has 2 aliphatic rings. The van der Waals surface area contributed by atoms with Gasteiger partial charge in [0.15, 0.2) is 0 Å². The number of halogens is 1. The second kappa shape index (κ2) is 9.14. The summed E-state index contributed by atoms with van der Waals surface area (Å²) in [5.74, 6) is 1.34. The lowest BCUT2D eigenvalue weighted by molar-refractivity contribution is 0.436. The Morgan fingerprint density at radius 1 is 0.778 bits per heavy atom. The summed E-state index contributed by atoms with van der Waals surface area (Å²) < 4.78 is 0.861. The van der Waals surface area contributed by atoms with E-state index in [1.807, 2.05) is 24.4 Å². The fourth-order valence-electron chi connectivity index (χ4n) is 4.84. The highest BCUT2D eigenvalue weighted by atomic mass is 79.9.